The van der Waals surface area contributed by atoms with Gasteiger partial charge >= 0.3 is 5.97 Å². The molecule has 0 bridgehead atoms. The molecule has 94 valence electrons. The number of hydrogen-bond donors (Lipinski definition) is 1. The van der Waals surface area contributed by atoms with E-state index >= 15 is 0 Å². The lowest BCUT2D eigenvalue weighted by atomic mass is 10.2. The highest BCUT2D eigenvalue weighted by atomic mass is 32.1. The van der Waals surface area contributed by atoms with Gasteiger partial charge in [0.05, 0.1) is 7.11 Å². The van der Waals surface area contributed by atoms with Crippen LogP contribution in [0.25, 0.3) is 0 Å². The molecule has 0 amide bonds. The van der Waals surface area contributed by atoms with Gasteiger partial charge in [-0.25, -0.2) is 4.79 Å². The summed E-state index contributed by atoms with van der Waals surface area (Å²) in [6.07, 6.45) is 0. The Labute approximate surface area is 110 Å². The standard InChI is InChI=1S/C14H15NO2S/c1-10-8-9-12(18-10)13(14(16)17-2)15-11-6-4-3-5-7-11/h3-9,13,15H,1-2H3. The van der Waals surface area contributed by atoms with Crippen LogP contribution in [0.1, 0.15) is 15.8 Å². The molecule has 2 aromatic rings. The average Bonchev–Trinajstić information content (AvgIpc) is 2.83. The fourth-order valence-corrected chi connectivity index (χ4v) is 2.59. The normalized spacial score (nSPS) is 11.9. The summed E-state index contributed by atoms with van der Waals surface area (Å²) in [6.45, 7) is 2.02. The van der Waals surface area contributed by atoms with Gasteiger partial charge in [-0.1, -0.05) is 18.2 Å². The highest BCUT2D eigenvalue weighted by Gasteiger charge is 2.22. The van der Waals surface area contributed by atoms with Gasteiger partial charge < -0.3 is 10.1 Å². The molecule has 2 rings (SSSR count). The van der Waals surface area contributed by atoms with E-state index in [1.165, 1.54) is 12.0 Å². The second-order valence-electron chi connectivity index (χ2n) is 3.91. The highest BCUT2D eigenvalue weighted by Crippen LogP contribution is 2.27. The maximum absolute atomic E-state index is 11.8. The first-order chi connectivity index (χ1) is 8.70. The van der Waals surface area contributed by atoms with Crippen LogP contribution in [0.3, 0.4) is 0 Å². The molecule has 1 N–H and O–H groups in total. The Morgan fingerprint density at radius 1 is 1.22 bits per heavy atom. The van der Waals surface area contributed by atoms with E-state index in [4.69, 9.17) is 4.74 Å². The number of anilines is 1. The smallest absolute Gasteiger partial charge is 0.333 e. The van der Waals surface area contributed by atoms with Gasteiger partial charge in [-0.15, -0.1) is 11.3 Å². The number of nitrogens with one attached hydrogen (secondary N) is 1. The van der Waals surface area contributed by atoms with Gasteiger partial charge in [-0.05, 0) is 31.2 Å². The zero-order valence-corrected chi connectivity index (χ0v) is 11.2. The monoisotopic (exact) mass is 261 g/mol. The highest BCUT2D eigenvalue weighted by molar-refractivity contribution is 7.12. The van der Waals surface area contributed by atoms with Crippen molar-refractivity contribution < 1.29 is 9.53 Å². The first-order valence-corrected chi connectivity index (χ1v) is 6.48. The van der Waals surface area contributed by atoms with Crippen molar-refractivity contribution >= 4 is 23.0 Å². The number of carbonyl (C=O) groups is 1. The molecule has 1 atom stereocenters. The van der Waals surface area contributed by atoms with E-state index in [1.54, 1.807) is 11.3 Å². The number of rotatable bonds is 4. The van der Waals surface area contributed by atoms with E-state index in [0.29, 0.717) is 0 Å². The Kier molecular flexibility index (Phi) is 3.99. The fraction of sp³-hybridized carbons (Fsp3) is 0.214. The van der Waals surface area contributed by atoms with Crippen LogP contribution < -0.4 is 5.32 Å². The van der Waals surface area contributed by atoms with E-state index < -0.39 is 6.04 Å². The summed E-state index contributed by atoms with van der Waals surface area (Å²) in [4.78, 5) is 14.0. The number of thiophene rings is 1. The predicted molar refractivity (Wildman–Crippen MR) is 73.9 cm³/mol. The van der Waals surface area contributed by atoms with Crippen LogP contribution in [0.5, 0.6) is 0 Å². The number of hydrogen-bond acceptors (Lipinski definition) is 4. The molecule has 18 heavy (non-hydrogen) atoms. The summed E-state index contributed by atoms with van der Waals surface area (Å²) < 4.78 is 4.85. The first kappa shape index (κ1) is 12.6. The zero-order valence-electron chi connectivity index (χ0n) is 10.3. The van der Waals surface area contributed by atoms with Crippen LogP contribution in [-0.2, 0) is 9.53 Å². The van der Waals surface area contributed by atoms with E-state index in [9.17, 15) is 4.79 Å². The molecule has 0 saturated carbocycles. The predicted octanol–water partition coefficient (Wildman–Crippen LogP) is 3.38. The lowest BCUT2D eigenvalue weighted by molar-refractivity contribution is -0.141. The molecule has 0 spiro atoms. The SMILES string of the molecule is COC(=O)C(Nc1ccccc1)c1ccc(C)s1. The maximum atomic E-state index is 11.8. The Morgan fingerprint density at radius 2 is 1.94 bits per heavy atom. The summed E-state index contributed by atoms with van der Waals surface area (Å²) in [5.41, 5.74) is 0.902. The third-order valence-corrected chi connectivity index (χ3v) is 3.63. The van der Waals surface area contributed by atoms with Gasteiger partial charge in [-0.3, -0.25) is 0 Å². The Balaban J connectivity index is 2.24. The Hall–Kier alpha value is -1.81. The second kappa shape index (κ2) is 5.69. The molecule has 0 aliphatic rings. The zero-order chi connectivity index (χ0) is 13.0. The fourth-order valence-electron chi connectivity index (χ4n) is 1.67. The second-order valence-corrected chi connectivity index (χ2v) is 5.23. The molecule has 0 saturated heterocycles. The van der Waals surface area contributed by atoms with Crippen molar-refractivity contribution in [3.8, 4) is 0 Å². The van der Waals surface area contributed by atoms with Crippen LogP contribution in [0.2, 0.25) is 0 Å². The minimum atomic E-state index is -0.448. The largest absolute Gasteiger partial charge is 0.467 e. The van der Waals surface area contributed by atoms with E-state index in [2.05, 4.69) is 5.32 Å². The summed E-state index contributed by atoms with van der Waals surface area (Å²) in [7, 11) is 1.41. The van der Waals surface area contributed by atoms with Gasteiger partial charge in [0.25, 0.3) is 0 Å². The minimum absolute atomic E-state index is 0.277. The van der Waals surface area contributed by atoms with Gasteiger partial charge in [0.2, 0.25) is 0 Å². The molecule has 0 fully saturated rings. The summed E-state index contributed by atoms with van der Waals surface area (Å²) in [5, 5.41) is 3.20. The van der Waals surface area contributed by atoms with Crippen LogP contribution in [0, 0.1) is 6.92 Å². The van der Waals surface area contributed by atoms with Crippen molar-refractivity contribution in [3.05, 3.63) is 52.2 Å². The number of carbonyl (C=O) groups excluding carboxylic acids is 1. The van der Waals surface area contributed by atoms with Crippen LogP contribution in [0.15, 0.2) is 42.5 Å². The number of aryl methyl sites for hydroxylation is 1. The summed E-state index contributed by atoms with van der Waals surface area (Å²) >= 11 is 1.60. The lowest BCUT2D eigenvalue weighted by Gasteiger charge is -2.16. The van der Waals surface area contributed by atoms with Gasteiger partial charge in [-0.2, -0.15) is 0 Å². The van der Waals surface area contributed by atoms with Crippen LogP contribution in [-0.4, -0.2) is 13.1 Å². The number of esters is 1. The number of ether oxygens (including phenoxy) is 1. The van der Waals surface area contributed by atoms with Crippen molar-refractivity contribution in [1.82, 2.24) is 0 Å². The third-order valence-electron chi connectivity index (χ3n) is 2.57. The van der Waals surface area contributed by atoms with E-state index in [-0.39, 0.29) is 5.97 Å². The number of methoxy groups -OCH3 is 1. The van der Waals surface area contributed by atoms with Crippen molar-refractivity contribution in [1.29, 1.82) is 0 Å². The molecule has 1 heterocycles. The summed E-state index contributed by atoms with van der Waals surface area (Å²) in [5.74, 6) is -0.277. The van der Waals surface area contributed by atoms with E-state index in [0.717, 1.165) is 10.6 Å². The molecule has 1 unspecified atom stereocenters. The van der Waals surface area contributed by atoms with Gasteiger partial charge in [0.15, 0.2) is 6.04 Å². The molecule has 4 heteroatoms. The molecule has 1 aromatic heterocycles. The van der Waals surface area contributed by atoms with Crippen LogP contribution in [0.4, 0.5) is 5.69 Å². The Bertz CT molecular complexity index is 522. The molecule has 0 radical (unpaired) electrons. The van der Waals surface area contributed by atoms with Crippen molar-refractivity contribution in [2.75, 3.05) is 12.4 Å². The van der Waals surface area contributed by atoms with E-state index in [1.807, 2.05) is 49.4 Å². The van der Waals surface area contributed by atoms with Gasteiger partial charge in [0.1, 0.15) is 0 Å². The van der Waals surface area contributed by atoms with Crippen LogP contribution >= 0.6 is 11.3 Å². The van der Waals surface area contributed by atoms with Crippen molar-refractivity contribution in [2.45, 2.75) is 13.0 Å². The van der Waals surface area contributed by atoms with Crippen molar-refractivity contribution in [3.63, 3.8) is 0 Å². The molecule has 0 aliphatic heterocycles. The third kappa shape index (κ3) is 2.90. The topological polar surface area (TPSA) is 38.3 Å². The van der Waals surface area contributed by atoms with Gasteiger partial charge in [0, 0.05) is 15.4 Å². The quantitative estimate of drug-likeness (QED) is 0.857. The average molecular weight is 261 g/mol. The first-order valence-electron chi connectivity index (χ1n) is 5.66. The lowest BCUT2D eigenvalue weighted by Crippen LogP contribution is -2.21. The van der Waals surface area contributed by atoms with Crippen molar-refractivity contribution in [2.24, 2.45) is 0 Å². The molecule has 1 aromatic carbocycles. The molecule has 0 aliphatic carbocycles. The number of benzene rings is 1. The minimum Gasteiger partial charge on any atom is -0.467 e. The Morgan fingerprint density at radius 3 is 2.50 bits per heavy atom. The molecule has 3 nitrogen and oxygen atoms in total. The molecular formula is C14H15NO2S. The number of para-hydroxylation sites is 1. The molecular weight excluding hydrogens is 246 g/mol. The maximum Gasteiger partial charge on any atom is 0.333 e. The summed E-state index contributed by atoms with van der Waals surface area (Å²) in [6, 6.07) is 13.2.